The summed E-state index contributed by atoms with van der Waals surface area (Å²) in [5, 5.41) is 2.78. The monoisotopic (exact) mass is 395 g/mol. The summed E-state index contributed by atoms with van der Waals surface area (Å²) in [6.45, 7) is 5.20. The maximum absolute atomic E-state index is 12.6. The van der Waals surface area contributed by atoms with Gasteiger partial charge in [0.1, 0.15) is 0 Å². The van der Waals surface area contributed by atoms with Crippen molar-refractivity contribution in [3.8, 4) is 0 Å². The number of amides is 2. The highest BCUT2D eigenvalue weighted by atomic mass is 16.5. The third-order valence-corrected chi connectivity index (χ3v) is 4.84. The highest BCUT2D eigenvalue weighted by Gasteiger charge is 2.20. The second-order valence-corrected chi connectivity index (χ2v) is 6.92. The fourth-order valence-corrected chi connectivity index (χ4v) is 3.06. The van der Waals surface area contributed by atoms with Crippen molar-refractivity contribution in [2.24, 2.45) is 0 Å². The summed E-state index contributed by atoms with van der Waals surface area (Å²) in [5.74, 6) is -0.696. The van der Waals surface area contributed by atoms with Crippen molar-refractivity contribution in [1.82, 2.24) is 9.80 Å². The molecule has 1 fully saturated rings. The van der Waals surface area contributed by atoms with Gasteiger partial charge in [-0.15, -0.1) is 0 Å². The van der Waals surface area contributed by atoms with E-state index >= 15 is 0 Å². The van der Waals surface area contributed by atoms with Gasteiger partial charge in [-0.2, -0.15) is 0 Å². The van der Waals surface area contributed by atoms with Crippen molar-refractivity contribution in [3.05, 3.63) is 65.2 Å². The Kier molecular flexibility index (Phi) is 6.61. The summed E-state index contributed by atoms with van der Waals surface area (Å²) in [6, 6.07) is 13.2. The van der Waals surface area contributed by atoms with Gasteiger partial charge in [-0.1, -0.05) is 0 Å². The Hall–Kier alpha value is -3.19. The van der Waals surface area contributed by atoms with Gasteiger partial charge in [0, 0.05) is 43.0 Å². The number of ether oxygens (including phenoxy) is 1. The molecule has 7 nitrogen and oxygen atoms in total. The van der Waals surface area contributed by atoms with Crippen LogP contribution in [0.15, 0.2) is 48.5 Å². The minimum Gasteiger partial charge on any atom is -0.462 e. The van der Waals surface area contributed by atoms with Crippen LogP contribution in [0.2, 0.25) is 0 Å². The molecule has 2 aromatic carbocycles. The van der Waals surface area contributed by atoms with Crippen LogP contribution in [0.4, 0.5) is 5.69 Å². The third kappa shape index (κ3) is 5.20. The number of piperazine rings is 1. The van der Waals surface area contributed by atoms with Crippen LogP contribution < -0.4 is 5.32 Å². The van der Waals surface area contributed by atoms with Gasteiger partial charge in [0.2, 0.25) is 0 Å². The first kappa shape index (κ1) is 20.5. The Morgan fingerprint density at radius 1 is 0.862 bits per heavy atom. The fourth-order valence-electron chi connectivity index (χ4n) is 3.06. The lowest BCUT2D eigenvalue weighted by molar-refractivity contribution is 0.0526. The Labute approximate surface area is 170 Å². The van der Waals surface area contributed by atoms with E-state index in [4.69, 9.17) is 4.74 Å². The Balaban J connectivity index is 1.60. The molecular formula is C22H25N3O4. The second kappa shape index (κ2) is 9.34. The zero-order chi connectivity index (χ0) is 20.8. The predicted octanol–water partition coefficient (Wildman–Crippen LogP) is 2.50. The SMILES string of the molecule is CCOC(=O)c1ccc(NC(=O)c2ccc(C(=O)N3CCN(C)CC3)cc2)cc1. The van der Waals surface area contributed by atoms with Crippen LogP contribution >= 0.6 is 0 Å². The standard InChI is InChI=1S/C22H25N3O4/c1-3-29-22(28)18-8-10-19(11-9-18)23-20(26)16-4-6-17(7-5-16)21(27)25-14-12-24(2)13-15-25/h4-11H,3,12-15H2,1-2H3,(H,23,26). The number of carbonyl (C=O) groups is 3. The smallest absolute Gasteiger partial charge is 0.338 e. The van der Waals surface area contributed by atoms with E-state index in [1.807, 2.05) is 11.9 Å². The van der Waals surface area contributed by atoms with Gasteiger partial charge in [0.15, 0.2) is 0 Å². The average Bonchev–Trinajstić information content (AvgIpc) is 2.74. The van der Waals surface area contributed by atoms with E-state index in [9.17, 15) is 14.4 Å². The summed E-state index contributed by atoms with van der Waals surface area (Å²) < 4.78 is 4.94. The molecule has 0 radical (unpaired) electrons. The topological polar surface area (TPSA) is 78.9 Å². The number of esters is 1. The lowest BCUT2D eigenvalue weighted by Crippen LogP contribution is -2.47. The molecule has 29 heavy (non-hydrogen) atoms. The van der Waals surface area contributed by atoms with Gasteiger partial charge >= 0.3 is 5.97 Å². The number of likely N-dealkylation sites (N-methyl/N-ethyl adjacent to an activating group) is 1. The highest BCUT2D eigenvalue weighted by Crippen LogP contribution is 2.14. The molecule has 0 spiro atoms. The molecule has 0 aromatic heterocycles. The lowest BCUT2D eigenvalue weighted by Gasteiger charge is -2.32. The molecule has 1 heterocycles. The van der Waals surface area contributed by atoms with Crippen LogP contribution in [0.25, 0.3) is 0 Å². The van der Waals surface area contributed by atoms with Crippen molar-refractivity contribution in [2.75, 3.05) is 45.2 Å². The molecule has 1 aliphatic heterocycles. The summed E-state index contributed by atoms with van der Waals surface area (Å²) in [6.07, 6.45) is 0. The molecule has 1 saturated heterocycles. The van der Waals surface area contributed by atoms with E-state index in [1.165, 1.54) is 0 Å². The first-order valence-electron chi connectivity index (χ1n) is 9.64. The Morgan fingerprint density at radius 2 is 1.41 bits per heavy atom. The van der Waals surface area contributed by atoms with Gasteiger partial charge in [0.05, 0.1) is 12.2 Å². The maximum atomic E-state index is 12.6. The molecule has 1 aliphatic rings. The molecule has 7 heteroatoms. The summed E-state index contributed by atoms with van der Waals surface area (Å²) >= 11 is 0. The molecule has 0 unspecified atom stereocenters. The number of hydrogen-bond donors (Lipinski definition) is 1. The minimum absolute atomic E-state index is 0.0142. The lowest BCUT2D eigenvalue weighted by atomic mass is 10.1. The number of hydrogen-bond acceptors (Lipinski definition) is 5. The van der Waals surface area contributed by atoms with Crippen molar-refractivity contribution in [2.45, 2.75) is 6.92 Å². The van der Waals surface area contributed by atoms with Gasteiger partial charge in [-0.25, -0.2) is 4.79 Å². The first-order chi connectivity index (χ1) is 14.0. The molecule has 0 atom stereocenters. The molecule has 1 N–H and O–H groups in total. The van der Waals surface area contributed by atoms with Crippen LogP contribution in [0.5, 0.6) is 0 Å². The summed E-state index contributed by atoms with van der Waals surface area (Å²) in [5.41, 5.74) is 2.02. The largest absolute Gasteiger partial charge is 0.462 e. The van der Waals surface area contributed by atoms with Gasteiger partial charge < -0.3 is 19.9 Å². The zero-order valence-corrected chi connectivity index (χ0v) is 16.7. The van der Waals surface area contributed by atoms with Crippen LogP contribution in [0.1, 0.15) is 38.0 Å². The van der Waals surface area contributed by atoms with Crippen LogP contribution in [0, 0.1) is 0 Å². The van der Waals surface area contributed by atoms with E-state index in [0.29, 0.717) is 42.1 Å². The molecule has 0 bridgehead atoms. The van der Waals surface area contributed by atoms with E-state index in [2.05, 4.69) is 10.2 Å². The number of nitrogens with one attached hydrogen (secondary N) is 1. The van der Waals surface area contributed by atoms with E-state index in [1.54, 1.807) is 55.5 Å². The quantitative estimate of drug-likeness (QED) is 0.787. The molecule has 0 saturated carbocycles. The number of anilines is 1. The zero-order valence-electron chi connectivity index (χ0n) is 16.7. The summed E-state index contributed by atoms with van der Waals surface area (Å²) in [7, 11) is 2.04. The number of benzene rings is 2. The predicted molar refractivity (Wildman–Crippen MR) is 110 cm³/mol. The van der Waals surface area contributed by atoms with Crippen molar-refractivity contribution < 1.29 is 19.1 Å². The first-order valence-corrected chi connectivity index (χ1v) is 9.64. The molecule has 0 aliphatic carbocycles. The molecule has 2 aromatic rings. The molecule has 2 amide bonds. The fraction of sp³-hybridized carbons (Fsp3) is 0.318. The number of rotatable bonds is 5. The normalized spacial score (nSPS) is 14.3. The molecule has 152 valence electrons. The van der Waals surface area contributed by atoms with Crippen molar-refractivity contribution >= 4 is 23.5 Å². The van der Waals surface area contributed by atoms with Gasteiger partial charge in [-0.05, 0) is 62.5 Å². The Morgan fingerprint density at radius 3 is 2.00 bits per heavy atom. The van der Waals surface area contributed by atoms with E-state index in [0.717, 1.165) is 13.1 Å². The highest BCUT2D eigenvalue weighted by molar-refractivity contribution is 6.05. The van der Waals surface area contributed by atoms with Gasteiger partial charge in [0.25, 0.3) is 11.8 Å². The van der Waals surface area contributed by atoms with Gasteiger partial charge in [-0.3, -0.25) is 9.59 Å². The van der Waals surface area contributed by atoms with Crippen LogP contribution in [-0.2, 0) is 4.74 Å². The third-order valence-electron chi connectivity index (χ3n) is 4.84. The Bertz CT molecular complexity index is 870. The second-order valence-electron chi connectivity index (χ2n) is 6.92. The number of nitrogens with zero attached hydrogens (tertiary/aromatic N) is 2. The van der Waals surface area contributed by atoms with Crippen molar-refractivity contribution in [3.63, 3.8) is 0 Å². The van der Waals surface area contributed by atoms with Crippen LogP contribution in [0.3, 0.4) is 0 Å². The minimum atomic E-state index is -0.397. The molecule has 3 rings (SSSR count). The maximum Gasteiger partial charge on any atom is 0.338 e. The number of carbonyl (C=O) groups excluding carboxylic acids is 3. The summed E-state index contributed by atoms with van der Waals surface area (Å²) in [4.78, 5) is 40.7. The molecular weight excluding hydrogens is 370 g/mol. The van der Waals surface area contributed by atoms with Crippen molar-refractivity contribution in [1.29, 1.82) is 0 Å². The van der Waals surface area contributed by atoms with Crippen LogP contribution in [-0.4, -0.2) is 67.4 Å². The van der Waals surface area contributed by atoms with E-state index < -0.39 is 5.97 Å². The van der Waals surface area contributed by atoms with E-state index in [-0.39, 0.29) is 11.8 Å². The average molecular weight is 395 g/mol.